The first-order valence-electron chi connectivity index (χ1n) is 12.8. The fraction of sp³-hybridized carbons (Fsp3) is 0.241. The van der Waals surface area contributed by atoms with Crippen LogP contribution >= 0.6 is 0 Å². The second-order valence-corrected chi connectivity index (χ2v) is 10.3. The lowest BCUT2D eigenvalue weighted by Crippen LogP contribution is -2.58. The Kier molecular flexibility index (Phi) is 7.28. The Balaban J connectivity index is 1.25. The second-order valence-electron chi connectivity index (χ2n) is 10.3. The van der Waals surface area contributed by atoms with Gasteiger partial charge in [0.05, 0.1) is 23.6 Å². The van der Waals surface area contributed by atoms with Crippen LogP contribution in [0.5, 0.6) is 0 Å². The van der Waals surface area contributed by atoms with Gasteiger partial charge in [0.1, 0.15) is 16.9 Å². The molecule has 3 aromatic heterocycles. The summed E-state index contributed by atoms with van der Waals surface area (Å²) in [5.41, 5.74) is 2.97. The number of benzene rings is 1. The van der Waals surface area contributed by atoms with Crippen molar-refractivity contribution in [1.29, 1.82) is 0 Å². The number of aromatic nitrogens is 4. The van der Waals surface area contributed by atoms with E-state index in [0.717, 1.165) is 10.9 Å². The fourth-order valence-corrected chi connectivity index (χ4v) is 4.10. The summed E-state index contributed by atoms with van der Waals surface area (Å²) in [5, 5.41) is 10.1. The molecular weight excluding hydrogens is 508 g/mol. The number of nitrogens with zero attached hydrogens (tertiary/aromatic N) is 5. The minimum Gasteiger partial charge on any atom is -0.444 e. The van der Waals surface area contributed by atoms with Crippen LogP contribution in [-0.2, 0) is 9.53 Å². The van der Waals surface area contributed by atoms with Crippen LogP contribution in [-0.4, -0.2) is 61.6 Å². The third-order valence-electron chi connectivity index (χ3n) is 5.99. The average molecular weight is 539 g/mol. The van der Waals surface area contributed by atoms with Crippen LogP contribution in [0.4, 0.5) is 27.9 Å². The van der Waals surface area contributed by atoms with Crippen LogP contribution < -0.4 is 16.0 Å². The van der Waals surface area contributed by atoms with Crippen molar-refractivity contribution in [3.63, 3.8) is 0 Å². The van der Waals surface area contributed by atoms with E-state index in [9.17, 15) is 9.59 Å². The van der Waals surface area contributed by atoms with Crippen LogP contribution in [0.15, 0.2) is 73.7 Å². The molecule has 1 aromatic carbocycles. The number of amides is 2. The molecule has 0 radical (unpaired) electrons. The summed E-state index contributed by atoms with van der Waals surface area (Å²) in [7, 11) is 0. The summed E-state index contributed by atoms with van der Waals surface area (Å²) in [6.45, 7) is 10.2. The lowest BCUT2D eigenvalue weighted by atomic mass is 10.1. The maximum absolute atomic E-state index is 12.1. The molecule has 11 heteroatoms. The lowest BCUT2D eigenvalue weighted by Gasteiger charge is -2.40. The topological polar surface area (TPSA) is 134 Å². The van der Waals surface area contributed by atoms with Crippen molar-refractivity contribution < 1.29 is 14.3 Å². The number of rotatable bonds is 7. The Hall–Kier alpha value is -5.06. The zero-order valence-electron chi connectivity index (χ0n) is 22.5. The van der Waals surface area contributed by atoms with Gasteiger partial charge in [-0.2, -0.15) is 0 Å². The average Bonchev–Trinajstić information content (AvgIpc) is 2.90. The number of nitrogens with one attached hydrogen (secondary N) is 3. The van der Waals surface area contributed by atoms with E-state index in [1.165, 1.54) is 6.08 Å². The van der Waals surface area contributed by atoms with Crippen molar-refractivity contribution >= 4 is 46.0 Å². The van der Waals surface area contributed by atoms with Crippen molar-refractivity contribution in [2.75, 3.05) is 29.0 Å². The molecule has 0 atom stereocenters. The zero-order chi connectivity index (χ0) is 28.3. The van der Waals surface area contributed by atoms with Gasteiger partial charge < -0.3 is 25.6 Å². The van der Waals surface area contributed by atoms with E-state index in [4.69, 9.17) is 9.72 Å². The summed E-state index contributed by atoms with van der Waals surface area (Å²) >= 11 is 0. The van der Waals surface area contributed by atoms with Gasteiger partial charge in [-0.1, -0.05) is 18.7 Å². The number of hydrogen-bond donors (Lipinski definition) is 3. The van der Waals surface area contributed by atoms with E-state index in [1.807, 2.05) is 57.2 Å². The van der Waals surface area contributed by atoms with Gasteiger partial charge in [0, 0.05) is 42.1 Å². The second kappa shape index (κ2) is 11.0. The van der Waals surface area contributed by atoms with Gasteiger partial charge >= 0.3 is 6.09 Å². The predicted octanol–water partition coefficient (Wildman–Crippen LogP) is 4.99. The number of ether oxygens (including phenoxy) is 1. The predicted molar refractivity (Wildman–Crippen MR) is 154 cm³/mol. The molecule has 2 amide bonds. The van der Waals surface area contributed by atoms with Crippen LogP contribution in [0.1, 0.15) is 20.8 Å². The number of carbonyl (C=O) groups excluding carboxylic acids is 2. The standard InChI is InChI=1S/C29H30N8O3/c1-5-24(38)34-20-8-6-7-18(13-20)25-26-19(11-12-30-25)14-32-27(36-26)35-21-9-10-23(31-15-21)33-22-16-37(17-22)28(39)40-29(2,3)4/h5-15,22H,1,16-17H2,2-4H3,(H,31,33)(H,34,38)(H,32,35,36). The molecule has 4 heterocycles. The first kappa shape index (κ1) is 26.5. The van der Waals surface area contributed by atoms with Crippen molar-refractivity contribution in [3.05, 3.63) is 73.7 Å². The number of fused-ring (bicyclic) bond motifs is 1. The van der Waals surface area contributed by atoms with Crippen molar-refractivity contribution in [2.24, 2.45) is 0 Å². The minimum absolute atomic E-state index is 0.108. The molecule has 3 N–H and O–H groups in total. The molecule has 0 spiro atoms. The minimum atomic E-state index is -0.512. The SMILES string of the molecule is C=CC(=O)Nc1cccc(-c2nccc3cnc(Nc4ccc(NC5CN(C(=O)OC(C)(C)C)C5)nc4)nc23)c1. The molecule has 204 valence electrons. The molecule has 11 nitrogen and oxygen atoms in total. The van der Waals surface area contributed by atoms with Gasteiger partial charge in [0.2, 0.25) is 11.9 Å². The Labute approximate surface area is 231 Å². The monoisotopic (exact) mass is 538 g/mol. The highest BCUT2D eigenvalue weighted by molar-refractivity contribution is 5.99. The molecule has 1 aliphatic heterocycles. The quantitative estimate of drug-likeness (QED) is 0.278. The highest BCUT2D eigenvalue weighted by atomic mass is 16.6. The van der Waals surface area contributed by atoms with Crippen LogP contribution in [0, 0.1) is 0 Å². The van der Waals surface area contributed by atoms with E-state index < -0.39 is 5.60 Å². The first-order chi connectivity index (χ1) is 19.2. The number of anilines is 4. The summed E-state index contributed by atoms with van der Waals surface area (Å²) in [6.07, 6.45) is 6.04. The van der Waals surface area contributed by atoms with Crippen LogP contribution in [0.25, 0.3) is 22.2 Å². The van der Waals surface area contributed by atoms with E-state index in [1.54, 1.807) is 29.6 Å². The van der Waals surface area contributed by atoms with Gasteiger partial charge in [-0.25, -0.2) is 19.7 Å². The van der Waals surface area contributed by atoms with Gasteiger partial charge in [-0.3, -0.25) is 9.78 Å². The first-order valence-corrected chi connectivity index (χ1v) is 12.8. The summed E-state index contributed by atoms with van der Waals surface area (Å²) in [4.78, 5) is 43.7. The normalized spacial score (nSPS) is 13.3. The molecule has 0 unspecified atom stereocenters. The van der Waals surface area contributed by atoms with Gasteiger partial charge in [-0.05, 0) is 57.2 Å². The Bertz CT molecular complexity index is 1560. The molecule has 1 fully saturated rings. The highest BCUT2D eigenvalue weighted by Gasteiger charge is 2.33. The van der Waals surface area contributed by atoms with Crippen LogP contribution in [0.2, 0.25) is 0 Å². The summed E-state index contributed by atoms with van der Waals surface area (Å²) < 4.78 is 5.40. The molecule has 1 aliphatic rings. The number of carbonyl (C=O) groups is 2. The van der Waals surface area contributed by atoms with E-state index >= 15 is 0 Å². The maximum atomic E-state index is 12.1. The third-order valence-corrected chi connectivity index (χ3v) is 5.99. The van der Waals surface area contributed by atoms with Crippen molar-refractivity contribution in [1.82, 2.24) is 24.8 Å². The molecule has 40 heavy (non-hydrogen) atoms. The smallest absolute Gasteiger partial charge is 0.410 e. The molecule has 0 aliphatic carbocycles. The van der Waals surface area contributed by atoms with Gasteiger partial charge in [0.15, 0.2) is 0 Å². The third kappa shape index (κ3) is 6.32. The Morgan fingerprint density at radius 2 is 1.88 bits per heavy atom. The zero-order valence-corrected chi connectivity index (χ0v) is 22.5. The number of likely N-dealkylation sites (tertiary alicyclic amines) is 1. The largest absolute Gasteiger partial charge is 0.444 e. The summed E-state index contributed by atoms with van der Waals surface area (Å²) in [6, 6.07) is 13.1. The van der Waals surface area contributed by atoms with Gasteiger partial charge in [0.25, 0.3) is 0 Å². The van der Waals surface area contributed by atoms with E-state index in [2.05, 4.69) is 37.5 Å². The Morgan fingerprint density at radius 3 is 2.60 bits per heavy atom. The van der Waals surface area contributed by atoms with Crippen molar-refractivity contribution in [3.8, 4) is 11.3 Å². The highest BCUT2D eigenvalue weighted by Crippen LogP contribution is 2.28. The molecule has 0 saturated carbocycles. The van der Waals surface area contributed by atoms with Crippen LogP contribution in [0.3, 0.4) is 0 Å². The van der Waals surface area contributed by atoms with Gasteiger partial charge in [-0.15, -0.1) is 0 Å². The summed E-state index contributed by atoms with van der Waals surface area (Å²) in [5.74, 6) is 0.809. The molecular formula is C29H30N8O3. The van der Waals surface area contributed by atoms with E-state index in [-0.39, 0.29) is 18.0 Å². The van der Waals surface area contributed by atoms with Crippen molar-refractivity contribution in [2.45, 2.75) is 32.4 Å². The molecule has 5 rings (SSSR count). The maximum Gasteiger partial charge on any atom is 0.410 e. The molecule has 4 aromatic rings. The number of pyridine rings is 2. The lowest BCUT2D eigenvalue weighted by molar-refractivity contribution is -0.111. The molecule has 0 bridgehead atoms. The Morgan fingerprint density at radius 1 is 1.05 bits per heavy atom. The number of hydrogen-bond acceptors (Lipinski definition) is 9. The van der Waals surface area contributed by atoms with E-state index in [0.29, 0.717) is 47.4 Å². The fourth-order valence-electron chi connectivity index (χ4n) is 4.10. The molecule has 1 saturated heterocycles.